The number of hydrogen-bond acceptors (Lipinski definition) is 5. The van der Waals surface area contributed by atoms with E-state index >= 15 is 0 Å². The van der Waals surface area contributed by atoms with E-state index in [0.29, 0.717) is 41.2 Å². The first kappa shape index (κ1) is 15.4. The summed E-state index contributed by atoms with van der Waals surface area (Å²) in [6.07, 6.45) is 0. The van der Waals surface area contributed by atoms with E-state index in [1.165, 1.54) is 0 Å². The third-order valence-electron chi connectivity index (χ3n) is 4.29. The normalized spacial score (nSPS) is 14.4. The molecule has 1 aliphatic rings. The van der Waals surface area contributed by atoms with Crippen LogP contribution in [-0.4, -0.2) is 42.0 Å². The van der Waals surface area contributed by atoms with E-state index in [0.717, 1.165) is 18.7 Å². The van der Waals surface area contributed by atoms with Crippen molar-refractivity contribution in [1.29, 1.82) is 5.26 Å². The minimum absolute atomic E-state index is 0.0856. The lowest BCUT2D eigenvalue weighted by Gasteiger charge is -2.27. The number of nitrogens with zero attached hydrogens (tertiary/aromatic N) is 3. The number of rotatable bonds is 2. The van der Waals surface area contributed by atoms with E-state index in [-0.39, 0.29) is 5.91 Å². The van der Waals surface area contributed by atoms with Crippen molar-refractivity contribution in [2.75, 3.05) is 26.2 Å². The number of hydrogen-bond donors (Lipinski definition) is 1. The Morgan fingerprint density at radius 3 is 2.68 bits per heavy atom. The summed E-state index contributed by atoms with van der Waals surface area (Å²) >= 11 is 0. The third-order valence-corrected chi connectivity index (χ3v) is 4.29. The van der Waals surface area contributed by atoms with E-state index in [1.807, 2.05) is 30.3 Å². The van der Waals surface area contributed by atoms with Gasteiger partial charge in [0, 0.05) is 37.3 Å². The molecule has 1 N–H and O–H groups in total. The standard InChI is InChI=1S/C19H16N4O2/c20-12-15-10-14(19(24)23-8-6-21-7-9-23)11-16-17(15)22-18(25-16)13-4-2-1-3-5-13/h1-5,10-11,21H,6-9H2. The lowest BCUT2D eigenvalue weighted by atomic mass is 10.1. The van der Waals surface area contributed by atoms with Crippen LogP contribution in [0, 0.1) is 11.3 Å². The molecule has 1 saturated heterocycles. The Morgan fingerprint density at radius 2 is 1.96 bits per heavy atom. The largest absolute Gasteiger partial charge is 0.436 e. The van der Waals surface area contributed by atoms with Gasteiger partial charge in [0.1, 0.15) is 11.6 Å². The average Bonchev–Trinajstić information content (AvgIpc) is 3.12. The number of nitriles is 1. The zero-order valence-corrected chi connectivity index (χ0v) is 13.5. The Bertz CT molecular complexity index is 966. The predicted molar refractivity (Wildman–Crippen MR) is 92.9 cm³/mol. The highest BCUT2D eigenvalue weighted by Gasteiger charge is 2.21. The Hall–Kier alpha value is -3.17. The quantitative estimate of drug-likeness (QED) is 0.779. The summed E-state index contributed by atoms with van der Waals surface area (Å²) in [5.41, 5.74) is 2.58. The average molecular weight is 332 g/mol. The Balaban J connectivity index is 1.77. The van der Waals surface area contributed by atoms with Gasteiger partial charge in [0.05, 0.1) is 5.56 Å². The molecule has 1 aromatic heterocycles. The van der Waals surface area contributed by atoms with Gasteiger partial charge in [-0.3, -0.25) is 4.79 Å². The van der Waals surface area contributed by atoms with E-state index in [4.69, 9.17) is 4.42 Å². The summed E-state index contributed by atoms with van der Waals surface area (Å²) in [5, 5.41) is 12.7. The fraction of sp³-hybridized carbons (Fsp3) is 0.211. The number of piperazine rings is 1. The summed E-state index contributed by atoms with van der Waals surface area (Å²) in [6, 6.07) is 14.9. The maximum absolute atomic E-state index is 12.7. The highest BCUT2D eigenvalue weighted by Crippen LogP contribution is 2.27. The maximum Gasteiger partial charge on any atom is 0.254 e. The van der Waals surface area contributed by atoms with Crippen molar-refractivity contribution in [2.24, 2.45) is 0 Å². The molecule has 2 aromatic carbocycles. The minimum atomic E-state index is -0.0856. The van der Waals surface area contributed by atoms with Gasteiger partial charge >= 0.3 is 0 Å². The van der Waals surface area contributed by atoms with Crippen LogP contribution in [0.1, 0.15) is 15.9 Å². The molecule has 1 fully saturated rings. The topological polar surface area (TPSA) is 82.2 Å². The first-order valence-electron chi connectivity index (χ1n) is 8.16. The van der Waals surface area contributed by atoms with Crippen molar-refractivity contribution in [1.82, 2.24) is 15.2 Å². The second-order valence-electron chi connectivity index (χ2n) is 5.91. The lowest BCUT2D eigenvalue weighted by Crippen LogP contribution is -2.46. The molecule has 2 heterocycles. The first-order valence-corrected chi connectivity index (χ1v) is 8.16. The van der Waals surface area contributed by atoms with Crippen LogP contribution in [0.5, 0.6) is 0 Å². The van der Waals surface area contributed by atoms with Gasteiger partial charge in [0.25, 0.3) is 5.91 Å². The van der Waals surface area contributed by atoms with Crippen molar-refractivity contribution in [3.05, 3.63) is 53.6 Å². The monoisotopic (exact) mass is 332 g/mol. The van der Waals surface area contributed by atoms with Crippen molar-refractivity contribution in [3.63, 3.8) is 0 Å². The molecule has 1 amide bonds. The Morgan fingerprint density at radius 1 is 1.20 bits per heavy atom. The molecule has 6 heteroatoms. The molecule has 0 radical (unpaired) electrons. The van der Waals surface area contributed by atoms with Crippen LogP contribution in [0.25, 0.3) is 22.6 Å². The molecule has 0 unspecified atom stereocenters. The summed E-state index contributed by atoms with van der Waals surface area (Å²) < 4.78 is 5.83. The van der Waals surface area contributed by atoms with E-state index in [1.54, 1.807) is 17.0 Å². The van der Waals surface area contributed by atoms with E-state index in [9.17, 15) is 10.1 Å². The number of nitrogens with one attached hydrogen (secondary N) is 1. The van der Waals surface area contributed by atoms with Gasteiger partial charge in [-0.25, -0.2) is 4.98 Å². The van der Waals surface area contributed by atoms with E-state index < -0.39 is 0 Å². The molecular weight excluding hydrogens is 316 g/mol. The second-order valence-corrected chi connectivity index (χ2v) is 5.91. The van der Waals surface area contributed by atoms with Crippen LogP contribution < -0.4 is 5.32 Å². The molecule has 1 aliphatic heterocycles. The van der Waals surface area contributed by atoms with Gasteiger partial charge in [0.15, 0.2) is 5.58 Å². The Kier molecular flexibility index (Phi) is 3.92. The van der Waals surface area contributed by atoms with Gasteiger partial charge in [0.2, 0.25) is 5.89 Å². The van der Waals surface area contributed by atoms with Crippen molar-refractivity contribution < 1.29 is 9.21 Å². The molecule has 124 valence electrons. The summed E-state index contributed by atoms with van der Waals surface area (Å²) in [5.74, 6) is 0.358. The van der Waals surface area contributed by atoms with Crippen molar-refractivity contribution >= 4 is 17.0 Å². The number of fused-ring (bicyclic) bond motifs is 1. The van der Waals surface area contributed by atoms with E-state index in [2.05, 4.69) is 16.4 Å². The molecule has 4 rings (SSSR count). The summed E-state index contributed by atoms with van der Waals surface area (Å²) in [4.78, 5) is 18.9. The molecule has 25 heavy (non-hydrogen) atoms. The van der Waals surface area contributed by atoms with Crippen LogP contribution in [0.15, 0.2) is 46.9 Å². The summed E-state index contributed by atoms with van der Waals surface area (Å²) in [7, 11) is 0. The third kappa shape index (κ3) is 2.86. The molecule has 6 nitrogen and oxygen atoms in total. The predicted octanol–water partition coefficient (Wildman–Crippen LogP) is 2.41. The first-order chi connectivity index (χ1) is 12.3. The van der Waals surface area contributed by atoms with Crippen LogP contribution in [0.4, 0.5) is 0 Å². The maximum atomic E-state index is 12.7. The van der Waals surface area contributed by atoms with Crippen LogP contribution >= 0.6 is 0 Å². The van der Waals surface area contributed by atoms with Crippen LogP contribution in [-0.2, 0) is 0 Å². The molecule has 0 atom stereocenters. The smallest absolute Gasteiger partial charge is 0.254 e. The summed E-state index contributed by atoms with van der Waals surface area (Å²) in [6.45, 7) is 2.87. The highest BCUT2D eigenvalue weighted by molar-refractivity contribution is 5.99. The molecular formula is C19H16N4O2. The zero-order valence-electron chi connectivity index (χ0n) is 13.5. The SMILES string of the molecule is N#Cc1cc(C(=O)N2CCNCC2)cc2oc(-c3ccccc3)nc12. The fourth-order valence-corrected chi connectivity index (χ4v) is 2.99. The number of carbonyl (C=O) groups excluding carboxylic acids is 1. The van der Waals surface area contributed by atoms with Crippen molar-refractivity contribution in [2.45, 2.75) is 0 Å². The van der Waals surface area contributed by atoms with Gasteiger partial charge in [-0.2, -0.15) is 5.26 Å². The number of benzene rings is 2. The zero-order chi connectivity index (χ0) is 17.2. The molecule has 0 aliphatic carbocycles. The fourth-order valence-electron chi connectivity index (χ4n) is 2.99. The lowest BCUT2D eigenvalue weighted by molar-refractivity contribution is 0.0736. The molecule has 0 bridgehead atoms. The van der Waals surface area contributed by atoms with Gasteiger partial charge in [-0.1, -0.05) is 18.2 Å². The van der Waals surface area contributed by atoms with Crippen molar-refractivity contribution in [3.8, 4) is 17.5 Å². The molecule has 0 spiro atoms. The Labute approximate surface area is 144 Å². The molecule has 0 saturated carbocycles. The molecule has 3 aromatic rings. The highest BCUT2D eigenvalue weighted by atomic mass is 16.3. The van der Waals surface area contributed by atoms with Crippen LogP contribution in [0.3, 0.4) is 0 Å². The van der Waals surface area contributed by atoms with Gasteiger partial charge in [-0.05, 0) is 24.3 Å². The number of amides is 1. The number of carbonyl (C=O) groups is 1. The number of aromatic nitrogens is 1. The van der Waals surface area contributed by atoms with Gasteiger partial charge in [-0.15, -0.1) is 0 Å². The van der Waals surface area contributed by atoms with Gasteiger partial charge < -0.3 is 14.6 Å². The minimum Gasteiger partial charge on any atom is -0.436 e. The second kappa shape index (κ2) is 6.38. The number of oxazole rings is 1. The van der Waals surface area contributed by atoms with Crippen LogP contribution in [0.2, 0.25) is 0 Å².